The second kappa shape index (κ2) is 6.23. The Balaban J connectivity index is 1.90. The molecule has 3 rings (SSSR count). The van der Waals surface area contributed by atoms with Crippen molar-refractivity contribution in [1.82, 2.24) is 4.90 Å². The van der Waals surface area contributed by atoms with Gasteiger partial charge in [0.2, 0.25) is 0 Å². The lowest BCUT2D eigenvalue weighted by atomic mass is 9.76. The molecular formula is C17H25BrN2S. The van der Waals surface area contributed by atoms with Gasteiger partial charge < -0.3 is 5.73 Å². The minimum absolute atomic E-state index is 0.162. The van der Waals surface area contributed by atoms with Gasteiger partial charge in [-0.2, -0.15) is 11.8 Å². The summed E-state index contributed by atoms with van der Waals surface area (Å²) in [6, 6.07) is 7.36. The van der Waals surface area contributed by atoms with Crippen molar-refractivity contribution in [3.8, 4) is 0 Å². The summed E-state index contributed by atoms with van der Waals surface area (Å²) >= 11 is 5.69. The number of nitrogens with zero attached hydrogens (tertiary/aromatic N) is 1. The Bertz CT molecular complexity index is 522. The fourth-order valence-corrected chi connectivity index (χ4v) is 5.46. The maximum atomic E-state index is 6.31. The average Bonchev–Trinajstić information content (AvgIpc) is 2.49. The molecule has 4 heteroatoms. The summed E-state index contributed by atoms with van der Waals surface area (Å²) < 4.78 is 1.19. The highest BCUT2D eigenvalue weighted by atomic mass is 79.9. The minimum atomic E-state index is 0.162. The van der Waals surface area contributed by atoms with E-state index >= 15 is 0 Å². The first-order valence-corrected chi connectivity index (χ1v) is 9.76. The third-order valence-corrected chi connectivity index (χ3v) is 7.25. The van der Waals surface area contributed by atoms with E-state index in [1.165, 1.54) is 34.3 Å². The fraction of sp³-hybridized carbons (Fsp3) is 0.647. The van der Waals surface area contributed by atoms with Gasteiger partial charge in [0.1, 0.15) is 0 Å². The second-order valence-electron chi connectivity index (χ2n) is 6.53. The zero-order chi connectivity index (χ0) is 15.0. The lowest BCUT2D eigenvalue weighted by Gasteiger charge is -2.52. The molecule has 116 valence electrons. The smallest absolute Gasteiger partial charge is 0.0378 e. The monoisotopic (exact) mass is 368 g/mol. The molecule has 0 bridgehead atoms. The first-order valence-electron chi connectivity index (χ1n) is 7.91. The number of aryl methyl sites for hydroxylation is 1. The zero-order valence-electron chi connectivity index (χ0n) is 12.9. The predicted octanol–water partition coefficient (Wildman–Crippen LogP) is 3.46. The third kappa shape index (κ3) is 2.92. The summed E-state index contributed by atoms with van der Waals surface area (Å²) in [5.74, 6) is 1.24. The Hall–Kier alpha value is -0.0300. The van der Waals surface area contributed by atoms with Crippen LogP contribution in [0, 0.1) is 0 Å². The van der Waals surface area contributed by atoms with Crippen molar-refractivity contribution in [3.05, 3.63) is 33.8 Å². The average molecular weight is 369 g/mol. The highest BCUT2D eigenvalue weighted by Gasteiger charge is 2.43. The summed E-state index contributed by atoms with van der Waals surface area (Å²) in [4.78, 5) is 2.72. The summed E-state index contributed by atoms with van der Waals surface area (Å²) in [5, 5.41) is 0.702. The molecule has 2 N–H and O–H groups in total. The normalized spacial score (nSPS) is 33.7. The Morgan fingerprint density at radius 1 is 1.38 bits per heavy atom. The van der Waals surface area contributed by atoms with Gasteiger partial charge in [-0.05, 0) is 49.4 Å². The van der Waals surface area contributed by atoms with E-state index in [-0.39, 0.29) is 5.54 Å². The van der Waals surface area contributed by atoms with Crippen molar-refractivity contribution < 1.29 is 0 Å². The van der Waals surface area contributed by atoms with E-state index in [2.05, 4.69) is 64.6 Å². The zero-order valence-corrected chi connectivity index (χ0v) is 15.3. The van der Waals surface area contributed by atoms with E-state index in [0.717, 1.165) is 19.4 Å². The van der Waals surface area contributed by atoms with Crippen LogP contribution in [0.5, 0.6) is 0 Å². The van der Waals surface area contributed by atoms with E-state index in [1.54, 1.807) is 0 Å². The molecular weight excluding hydrogens is 344 g/mol. The maximum Gasteiger partial charge on any atom is 0.0378 e. The predicted molar refractivity (Wildman–Crippen MR) is 96.0 cm³/mol. The molecule has 0 amide bonds. The van der Waals surface area contributed by atoms with E-state index in [9.17, 15) is 0 Å². The minimum Gasteiger partial charge on any atom is -0.329 e. The van der Waals surface area contributed by atoms with Gasteiger partial charge in [0.05, 0.1) is 0 Å². The molecule has 0 radical (unpaired) electrons. The number of thioether (sulfide) groups is 1. The van der Waals surface area contributed by atoms with Crippen molar-refractivity contribution in [3.63, 3.8) is 0 Å². The first kappa shape index (κ1) is 15.9. The van der Waals surface area contributed by atoms with Crippen molar-refractivity contribution >= 4 is 27.7 Å². The fourth-order valence-electron chi connectivity index (χ4n) is 3.95. The maximum absolute atomic E-state index is 6.31. The molecule has 21 heavy (non-hydrogen) atoms. The lowest BCUT2D eigenvalue weighted by molar-refractivity contribution is 0.0453. The number of hydrogen-bond acceptors (Lipinski definition) is 3. The van der Waals surface area contributed by atoms with Gasteiger partial charge in [-0.15, -0.1) is 0 Å². The summed E-state index contributed by atoms with van der Waals surface area (Å²) in [6.07, 6.45) is 3.44. The van der Waals surface area contributed by atoms with Gasteiger partial charge in [-0.25, -0.2) is 0 Å². The largest absolute Gasteiger partial charge is 0.329 e. The van der Waals surface area contributed by atoms with Gasteiger partial charge in [-0.1, -0.05) is 28.9 Å². The Morgan fingerprint density at radius 2 is 2.19 bits per heavy atom. The van der Waals surface area contributed by atoms with E-state index in [1.807, 2.05) is 0 Å². The standard InChI is InChI=1S/C17H25BrN2S/c1-12-13(2)21-8-7-20(12)17(11-19)6-5-14-9-16(18)4-3-15(14)10-17/h3-4,9,12-13H,5-8,10-11,19H2,1-2H3. The molecule has 0 spiro atoms. The quantitative estimate of drug-likeness (QED) is 0.866. The van der Waals surface area contributed by atoms with E-state index in [4.69, 9.17) is 5.73 Å². The molecule has 0 aromatic heterocycles. The van der Waals surface area contributed by atoms with Crippen molar-refractivity contribution in [2.45, 2.75) is 49.9 Å². The van der Waals surface area contributed by atoms with Gasteiger partial charge >= 0.3 is 0 Å². The van der Waals surface area contributed by atoms with Crippen LogP contribution in [0.25, 0.3) is 0 Å². The van der Waals surface area contributed by atoms with Crippen LogP contribution in [0.2, 0.25) is 0 Å². The van der Waals surface area contributed by atoms with E-state index < -0.39 is 0 Å². The highest BCUT2D eigenvalue weighted by Crippen LogP contribution is 2.38. The lowest BCUT2D eigenvalue weighted by Crippen LogP contribution is -2.63. The molecule has 2 aliphatic rings. The SMILES string of the molecule is CC1SCCN(C2(CN)CCc3cc(Br)ccc3C2)C1C. The highest BCUT2D eigenvalue weighted by molar-refractivity contribution is 9.10. The Kier molecular flexibility index (Phi) is 4.70. The van der Waals surface area contributed by atoms with E-state index in [0.29, 0.717) is 11.3 Å². The van der Waals surface area contributed by atoms with Crippen LogP contribution in [0.15, 0.2) is 22.7 Å². The van der Waals surface area contributed by atoms with Crippen molar-refractivity contribution in [1.29, 1.82) is 0 Å². The molecule has 0 saturated carbocycles. The van der Waals surface area contributed by atoms with Crippen LogP contribution in [-0.4, -0.2) is 40.6 Å². The number of halogens is 1. The van der Waals surface area contributed by atoms with Crippen LogP contribution in [0.3, 0.4) is 0 Å². The van der Waals surface area contributed by atoms with Crippen LogP contribution < -0.4 is 5.73 Å². The molecule has 2 nitrogen and oxygen atoms in total. The van der Waals surface area contributed by atoms with Gasteiger partial charge in [0.15, 0.2) is 0 Å². The summed E-state index contributed by atoms with van der Waals surface area (Å²) in [5.41, 5.74) is 9.46. The molecule has 1 aliphatic carbocycles. The summed E-state index contributed by atoms with van der Waals surface area (Å²) in [6.45, 7) is 6.69. The van der Waals surface area contributed by atoms with Crippen molar-refractivity contribution in [2.75, 3.05) is 18.8 Å². The third-order valence-electron chi connectivity index (χ3n) is 5.42. The molecule has 1 aliphatic heterocycles. The molecule has 1 heterocycles. The van der Waals surface area contributed by atoms with Gasteiger partial charge in [-0.3, -0.25) is 4.90 Å². The molecule has 3 atom stereocenters. The number of fused-ring (bicyclic) bond motifs is 1. The number of nitrogens with two attached hydrogens (primary N) is 1. The molecule has 3 unspecified atom stereocenters. The first-order chi connectivity index (χ1) is 10.1. The molecule has 1 saturated heterocycles. The molecule has 1 fully saturated rings. The second-order valence-corrected chi connectivity index (χ2v) is 8.93. The van der Waals surface area contributed by atoms with Gasteiger partial charge in [0.25, 0.3) is 0 Å². The van der Waals surface area contributed by atoms with Crippen molar-refractivity contribution in [2.24, 2.45) is 5.73 Å². The number of benzene rings is 1. The van der Waals surface area contributed by atoms with Crippen LogP contribution in [0.4, 0.5) is 0 Å². The Labute approximate surface area is 141 Å². The van der Waals surface area contributed by atoms with Crippen LogP contribution in [0.1, 0.15) is 31.4 Å². The molecule has 1 aromatic carbocycles. The van der Waals surface area contributed by atoms with Crippen LogP contribution in [-0.2, 0) is 12.8 Å². The molecule has 1 aromatic rings. The number of hydrogen-bond donors (Lipinski definition) is 1. The Morgan fingerprint density at radius 3 is 2.95 bits per heavy atom. The number of rotatable bonds is 2. The topological polar surface area (TPSA) is 29.3 Å². The van der Waals surface area contributed by atoms with Gasteiger partial charge in [0, 0.05) is 40.1 Å². The summed E-state index contributed by atoms with van der Waals surface area (Å²) in [7, 11) is 0. The van der Waals surface area contributed by atoms with Crippen LogP contribution >= 0.6 is 27.7 Å².